The predicted octanol–water partition coefficient (Wildman–Crippen LogP) is 4.82. The van der Waals surface area contributed by atoms with Crippen LogP contribution in [-0.2, 0) is 0 Å². The molecule has 194 valence electrons. The van der Waals surface area contributed by atoms with Crippen LogP contribution in [0, 0.1) is 0 Å². The van der Waals surface area contributed by atoms with Gasteiger partial charge in [-0.2, -0.15) is 0 Å². The van der Waals surface area contributed by atoms with Crippen LogP contribution >= 0.6 is 22.7 Å². The first-order valence-corrected chi connectivity index (χ1v) is 13.3. The van der Waals surface area contributed by atoms with Crippen LogP contribution in [0.15, 0.2) is 60.3 Å². The third-order valence-corrected chi connectivity index (χ3v) is 7.90. The summed E-state index contributed by atoms with van der Waals surface area (Å²) in [4.78, 5) is 11.2. The zero-order valence-corrected chi connectivity index (χ0v) is 23.0. The Morgan fingerprint density at radius 1 is 0.842 bits per heavy atom. The van der Waals surface area contributed by atoms with Gasteiger partial charge in [0.1, 0.15) is 0 Å². The molecular formula is C28H26N4O4S2. The van der Waals surface area contributed by atoms with Gasteiger partial charge in [-0.1, -0.05) is 24.8 Å². The van der Waals surface area contributed by atoms with Crippen molar-refractivity contribution >= 4 is 45.7 Å². The molecule has 0 spiro atoms. The summed E-state index contributed by atoms with van der Waals surface area (Å²) in [5.41, 5.74) is 4.53. The van der Waals surface area contributed by atoms with E-state index in [1.54, 1.807) is 58.2 Å². The fraction of sp³-hybridized carbons (Fsp3) is 0.143. The van der Waals surface area contributed by atoms with Gasteiger partial charge in [0, 0.05) is 52.3 Å². The number of ether oxygens (including phenoxy) is 4. The van der Waals surface area contributed by atoms with Crippen LogP contribution in [-0.4, -0.2) is 38.4 Å². The normalized spacial score (nSPS) is 13.2. The number of nitrogens with one attached hydrogen (secondary N) is 2. The van der Waals surface area contributed by atoms with Gasteiger partial charge in [-0.25, -0.2) is 0 Å². The van der Waals surface area contributed by atoms with Crippen LogP contribution < -0.4 is 40.3 Å². The molecule has 1 aromatic carbocycles. The SMILES string of the molecule is C=CC(c1ccc(-c2scc(OC)c2OC)c2c1NC=CN2)=c1nccnc1=Cc1scc(OC)c1OC. The first-order valence-electron chi connectivity index (χ1n) is 11.5. The van der Waals surface area contributed by atoms with E-state index in [0.717, 1.165) is 37.8 Å². The number of thiophene rings is 2. The molecule has 0 saturated carbocycles. The molecule has 4 aromatic rings. The molecule has 1 aliphatic heterocycles. The monoisotopic (exact) mass is 546 g/mol. The number of methoxy groups -OCH3 is 4. The lowest BCUT2D eigenvalue weighted by molar-refractivity contribution is 0.357. The Morgan fingerprint density at radius 2 is 1.53 bits per heavy atom. The molecule has 0 atom stereocenters. The summed E-state index contributed by atoms with van der Waals surface area (Å²) in [7, 11) is 6.53. The first-order chi connectivity index (χ1) is 18.6. The number of benzene rings is 1. The van der Waals surface area contributed by atoms with Gasteiger partial charge >= 0.3 is 0 Å². The van der Waals surface area contributed by atoms with Gasteiger partial charge in [0.05, 0.1) is 60.3 Å². The predicted molar refractivity (Wildman–Crippen MR) is 154 cm³/mol. The largest absolute Gasteiger partial charge is 0.492 e. The van der Waals surface area contributed by atoms with Crippen molar-refractivity contribution in [2.45, 2.75) is 0 Å². The van der Waals surface area contributed by atoms with E-state index in [9.17, 15) is 0 Å². The fourth-order valence-corrected chi connectivity index (χ4v) is 6.25. The molecule has 38 heavy (non-hydrogen) atoms. The molecule has 0 radical (unpaired) electrons. The Morgan fingerprint density at radius 3 is 2.24 bits per heavy atom. The van der Waals surface area contributed by atoms with E-state index in [1.165, 1.54) is 11.3 Å². The van der Waals surface area contributed by atoms with E-state index < -0.39 is 0 Å². The molecule has 0 unspecified atom stereocenters. The van der Waals surface area contributed by atoms with Crippen LogP contribution in [0.25, 0.3) is 22.1 Å². The molecular weight excluding hydrogens is 520 g/mol. The van der Waals surface area contributed by atoms with Crippen LogP contribution in [0.2, 0.25) is 0 Å². The number of nitrogens with zero attached hydrogens (tertiary/aromatic N) is 2. The maximum absolute atomic E-state index is 5.68. The minimum Gasteiger partial charge on any atom is -0.492 e. The van der Waals surface area contributed by atoms with Crippen molar-refractivity contribution in [3.63, 3.8) is 0 Å². The third-order valence-electron chi connectivity index (χ3n) is 6.03. The fourth-order valence-electron chi connectivity index (χ4n) is 4.32. The van der Waals surface area contributed by atoms with Gasteiger partial charge in [-0.15, -0.1) is 22.7 Å². The number of hydrogen-bond donors (Lipinski definition) is 2. The smallest absolute Gasteiger partial charge is 0.179 e. The Hall–Kier alpha value is -4.28. The van der Waals surface area contributed by atoms with Crippen molar-refractivity contribution < 1.29 is 18.9 Å². The minimum atomic E-state index is 0.660. The Kier molecular flexibility index (Phi) is 7.34. The highest BCUT2D eigenvalue weighted by Crippen LogP contribution is 2.49. The van der Waals surface area contributed by atoms with Gasteiger partial charge in [-0.3, -0.25) is 9.97 Å². The number of rotatable bonds is 8. The molecule has 1 aliphatic rings. The summed E-state index contributed by atoms with van der Waals surface area (Å²) >= 11 is 3.07. The molecule has 0 fully saturated rings. The maximum atomic E-state index is 5.68. The van der Waals surface area contributed by atoms with Crippen LogP contribution in [0.5, 0.6) is 23.0 Å². The first kappa shape index (κ1) is 25.4. The highest BCUT2D eigenvalue weighted by Gasteiger charge is 2.23. The third kappa shape index (κ3) is 4.37. The second-order valence-electron chi connectivity index (χ2n) is 7.95. The van der Waals surface area contributed by atoms with E-state index in [4.69, 9.17) is 23.9 Å². The zero-order chi connectivity index (χ0) is 26.6. The van der Waals surface area contributed by atoms with Crippen molar-refractivity contribution in [3.8, 4) is 33.4 Å². The van der Waals surface area contributed by atoms with Crippen molar-refractivity contribution in [1.29, 1.82) is 0 Å². The molecule has 4 heterocycles. The lowest BCUT2D eigenvalue weighted by Crippen LogP contribution is -2.33. The van der Waals surface area contributed by atoms with Crippen molar-refractivity contribution in [3.05, 3.63) is 81.5 Å². The van der Waals surface area contributed by atoms with Crippen LogP contribution in [0.1, 0.15) is 10.4 Å². The lowest BCUT2D eigenvalue weighted by Gasteiger charge is -2.22. The Balaban J connectivity index is 1.75. The summed E-state index contributed by atoms with van der Waals surface area (Å²) in [5, 5.41) is 12.0. The number of anilines is 2. The van der Waals surface area contributed by atoms with Crippen molar-refractivity contribution in [1.82, 2.24) is 9.97 Å². The molecule has 10 heteroatoms. The van der Waals surface area contributed by atoms with E-state index in [0.29, 0.717) is 33.7 Å². The average molecular weight is 547 g/mol. The summed E-state index contributed by atoms with van der Waals surface area (Å²) in [6.45, 7) is 4.12. The van der Waals surface area contributed by atoms with Gasteiger partial charge in [0.2, 0.25) is 0 Å². The van der Waals surface area contributed by atoms with Gasteiger partial charge in [0.15, 0.2) is 23.0 Å². The molecule has 5 rings (SSSR count). The molecule has 2 N–H and O–H groups in total. The zero-order valence-electron chi connectivity index (χ0n) is 21.3. The number of aromatic nitrogens is 2. The van der Waals surface area contributed by atoms with E-state index in [2.05, 4.69) is 34.3 Å². The van der Waals surface area contributed by atoms with E-state index in [-0.39, 0.29) is 0 Å². The molecule has 8 nitrogen and oxygen atoms in total. The maximum Gasteiger partial charge on any atom is 0.179 e. The minimum absolute atomic E-state index is 0.660. The summed E-state index contributed by atoms with van der Waals surface area (Å²) in [5.74, 6) is 2.73. The summed E-state index contributed by atoms with van der Waals surface area (Å²) in [6, 6.07) is 4.12. The van der Waals surface area contributed by atoms with Gasteiger partial charge in [-0.05, 0) is 6.08 Å². The number of hydrogen-bond acceptors (Lipinski definition) is 10. The molecule has 0 amide bonds. The van der Waals surface area contributed by atoms with Crippen molar-refractivity contribution in [2.24, 2.45) is 0 Å². The molecule has 0 bridgehead atoms. The molecule has 0 saturated heterocycles. The second-order valence-corrected chi connectivity index (χ2v) is 9.74. The second kappa shape index (κ2) is 11.0. The molecule has 0 aliphatic carbocycles. The summed E-state index contributed by atoms with van der Waals surface area (Å²) < 4.78 is 22.2. The Bertz CT molecular complexity index is 1660. The van der Waals surface area contributed by atoms with Gasteiger partial charge in [0.25, 0.3) is 0 Å². The van der Waals surface area contributed by atoms with Gasteiger partial charge < -0.3 is 29.6 Å². The van der Waals surface area contributed by atoms with Crippen LogP contribution in [0.4, 0.5) is 11.4 Å². The number of fused-ring (bicyclic) bond motifs is 1. The quantitative estimate of drug-likeness (QED) is 0.325. The summed E-state index contributed by atoms with van der Waals surface area (Å²) in [6.07, 6.45) is 10.8. The topological polar surface area (TPSA) is 86.8 Å². The van der Waals surface area contributed by atoms with E-state index >= 15 is 0 Å². The standard InChI is InChI=1S/C28H26N4O4S2/c1-6-16(23-19(29-9-10-30-23)13-22-26(35-4)20(33-2)14-37-22)17-7-8-18(25-24(17)31-11-12-32-25)28-27(36-5)21(34-3)15-38-28/h6-15,31-32H,1H2,2-5H3. The van der Waals surface area contributed by atoms with E-state index in [1.807, 2.05) is 29.2 Å². The highest BCUT2D eigenvalue weighted by atomic mass is 32.1. The average Bonchev–Trinajstić information content (AvgIpc) is 3.57. The highest BCUT2D eigenvalue weighted by molar-refractivity contribution is 7.14. The van der Waals surface area contributed by atoms with Crippen molar-refractivity contribution in [2.75, 3.05) is 39.1 Å². The molecule has 3 aromatic heterocycles. The lowest BCUT2D eigenvalue weighted by atomic mass is 9.97. The Labute approximate surface area is 228 Å². The number of allylic oxidation sites excluding steroid dienone is 1. The van der Waals surface area contributed by atoms with Crippen LogP contribution in [0.3, 0.4) is 0 Å².